The summed E-state index contributed by atoms with van der Waals surface area (Å²) >= 11 is 0. The zero-order valence-electron chi connectivity index (χ0n) is 35.3. The number of hydrogen-bond donors (Lipinski definition) is 3. The van der Waals surface area contributed by atoms with Gasteiger partial charge in [0, 0.05) is 6.42 Å². The van der Waals surface area contributed by atoms with Crippen molar-refractivity contribution >= 4 is 11.9 Å². The maximum absolute atomic E-state index is 13.1. The minimum absolute atomic E-state index is 0.0349. The second-order valence-electron chi connectivity index (χ2n) is 15.1. The molecular weight excluding hydrogens is 671 g/mol. The van der Waals surface area contributed by atoms with E-state index in [1.807, 2.05) is 0 Å². The molecule has 0 aliphatic heterocycles. The number of carbonyl (C=O) groups excluding carboxylic acids is 2. The van der Waals surface area contributed by atoms with E-state index in [2.05, 4.69) is 86.8 Å². The molecule has 0 aromatic heterocycles. The lowest BCUT2D eigenvalue weighted by Crippen LogP contribution is -2.46. The predicted molar refractivity (Wildman–Crippen MR) is 232 cm³/mol. The quantitative estimate of drug-likeness (QED) is 0.0330. The SMILES string of the molecule is CC/C=C/C/C=C/C/C=C/C/C=C/CCCC(CC(=O)NC(CO)C(O)CCCCCCCCCCC)OC(=O)CCCCCCC/C=C\CCCCC. The molecule has 312 valence electrons. The summed E-state index contributed by atoms with van der Waals surface area (Å²) < 4.78 is 5.86. The van der Waals surface area contributed by atoms with Gasteiger partial charge in [0.05, 0.1) is 25.2 Å². The summed E-state index contributed by atoms with van der Waals surface area (Å²) in [6, 6.07) is -0.719. The number of amides is 1. The molecule has 0 saturated carbocycles. The summed E-state index contributed by atoms with van der Waals surface area (Å²) in [6.07, 6.45) is 50.0. The molecule has 0 aliphatic carbocycles. The number of esters is 1. The molecule has 0 aromatic carbocycles. The van der Waals surface area contributed by atoms with E-state index in [0.717, 1.165) is 83.5 Å². The van der Waals surface area contributed by atoms with Crippen LogP contribution < -0.4 is 5.32 Å². The second-order valence-corrected chi connectivity index (χ2v) is 15.1. The topological polar surface area (TPSA) is 95.9 Å². The van der Waals surface area contributed by atoms with Gasteiger partial charge in [-0.05, 0) is 83.5 Å². The first-order chi connectivity index (χ1) is 26.5. The first-order valence-electron chi connectivity index (χ1n) is 22.5. The molecule has 54 heavy (non-hydrogen) atoms. The van der Waals surface area contributed by atoms with Gasteiger partial charge in [-0.1, -0.05) is 171 Å². The molecule has 3 atom stereocenters. The van der Waals surface area contributed by atoms with Crippen LogP contribution in [0.5, 0.6) is 0 Å². The zero-order chi connectivity index (χ0) is 39.6. The van der Waals surface area contributed by atoms with Crippen molar-refractivity contribution in [3.05, 3.63) is 60.8 Å². The standard InChI is InChI=1S/C48H85NO5/c1-4-7-10-13-16-19-21-23-24-25-28-30-33-36-39-44(54-48(53)41-38-35-32-29-26-22-20-17-14-11-8-5-2)42-47(52)49-45(43-50)46(51)40-37-34-31-27-18-15-12-9-6-3/h7,10,16-17,19-20,23-24,28,30,44-46,50-51H,4-6,8-9,11-15,18,21-22,25-27,29,31-43H2,1-3H3,(H,49,52)/b10-7+,19-16+,20-17-,24-23+,30-28+. The van der Waals surface area contributed by atoms with Gasteiger partial charge in [-0.15, -0.1) is 0 Å². The lowest BCUT2D eigenvalue weighted by atomic mass is 10.0. The highest BCUT2D eigenvalue weighted by Gasteiger charge is 2.24. The molecule has 0 fully saturated rings. The Morgan fingerprint density at radius 1 is 0.556 bits per heavy atom. The molecule has 0 spiro atoms. The average Bonchev–Trinajstić information content (AvgIpc) is 3.16. The number of unbranched alkanes of at least 4 members (excludes halogenated alkanes) is 17. The van der Waals surface area contributed by atoms with Gasteiger partial charge in [-0.3, -0.25) is 9.59 Å². The number of aliphatic hydroxyl groups is 2. The van der Waals surface area contributed by atoms with Crippen molar-refractivity contribution in [2.24, 2.45) is 0 Å². The Morgan fingerprint density at radius 2 is 1.02 bits per heavy atom. The zero-order valence-corrected chi connectivity index (χ0v) is 35.3. The predicted octanol–water partition coefficient (Wildman–Crippen LogP) is 12.9. The van der Waals surface area contributed by atoms with E-state index in [1.54, 1.807) is 0 Å². The average molecular weight is 756 g/mol. The molecule has 3 N–H and O–H groups in total. The molecule has 0 radical (unpaired) electrons. The van der Waals surface area contributed by atoms with E-state index in [0.29, 0.717) is 19.3 Å². The van der Waals surface area contributed by atoms with Crippen LogP contribution in [0.15, 0.2) is 60.8 Å². The lowest BCUT2D eigenvalue weighted by Gasteiger charge is -2.24. The summed E-state index contributed by atoms with van der Waals surface area (Å²) in [4.78, 5) is 25.9. The van der Waals surface area contributed by atoms with Gasteiger partial charge in [-0.2, -0.15) is 0 Å². The van der Waals surface area contributed by atoms with Crippen molar-refractivity contribution in [2.75, 3.05) is 6.61 Å². The van der Waals surface area contributed by atoms with E-state index in [9.17, 15) is 19.8 Å². The minimum Gasteiger partial charge on any atom is -0.462 e. The largest absolute Gasteiger partial charge is 0.462 e. The van der Waals surface area contributed by atoms with E-state index in [4.69, 9.17) is 4.74 Å². The van der Waals surface area contributed by atoms with Crippen molar-refractivity contribution in [1.82, 2.24) is 5.32 Å². The smallest absolute Gasteiger partial charge is 0.306 e. The van der Waals surface area contributed by atoms with E-state index < -0.39 is 18.2 Å². The van der Waals surface area contributed by atoms with Crippen LogP contribution in [-0.4, -0.2) is 46.9 Å². The number of hydrogen-bond acceptors (Lipinski definition) is 5. The first-order valence-corrected chi connectivity index (χ1v) is 22.5. The molecule has 0 aliphatic rings. The summed E-state index contributed by atoms with van der Waals surface area (Å²) in [7, 11) is 0. The third kappa shape index (κ3) is 36.5. The van der Waals surface area contributed by atoms with Crippen molar-refractivity contribution in [1.29, 1.82) is 0 Å². The van der Waals surface area contributed by atoms with E-state index in [1.165, 1.54) is 77.0 Å². The van der Waals surface area contributed by atoms with Crippen LogP contribution in [0.1, 0.15) is 207 Å². The minimum atomic E-state index is -0.801. The summed E-state index contributed by atoms with van der Waals surface area (Å²) in [5, 5.41) is 23.5. The second kappa shape index (κ2) is 41.7. The van der Waals surface area contributed by atoms with Crippen LogP contribution >= 0.6 is 0 Å². The fraction of sp³-hybridized carbons (Fsp3) is 0.750. The van der Waals surface area contributed by atoms with Crippen LogP contribution in [0.25, 0.3) is 0 Å². The third-order valence-electron chi connectivity index (χ3n) is 9.83. The van der Waals surface area contributed by atoms with Crippen molar-refractivity contribution in [3.63, 3.8) is 0 Å². The number of carbonyl (C=O) groups is 2. The molecule has 0 rings (SSSR count). The number of allylic oxidation sites excluding steroid dienone is 10. The van der Waals surface area contributed by atoms with Gasteiger partial charge in [0.15, 0.2) is 0 Å². The molecule has 6 heteroatoms. The highest BCUT2D eigenvalue weighted by Crippen LogP contribution is 2.16. The molecule has 0 saturated heterocycles. The Hall–Kier alpha value is -2.44. The van der Waals surface area contributed by atoms with Crippen LogP contribution in [0.2, 0.25) is 0 Å². The Balaban J connectivity index is 4.74. The highest BCUT2D eigenvalue weighted by atomic mass is 16.5. The van der Waals surface area contributed by atoms with Crippen LogP contribution in [0, 0.1) is 0 Å². The molecule has 0 heterocycles. The summed E-state index contributed by atoms with van der Waals surface area (Å²) in [5.74, 6) is -0.545. The summed E-state index contributed by atoms with van der Waals surface area (Å²) in [5.41, 5.74) is 0. The Morgan fingerprint density at radius 3 is 1.61 bits per heavy atom. The number of nitrogens with one attached hydrogen (secondary N) is 1. The first kappa shape index (κ1) is 51.6. The van der Waals surface area contributed by atoms with E-state index >= 15 is 0 Å². The van der Waals surface area contributed by atoms with Gasteiger partial charge in [0.2, 0.25) is 5.91 Å². The lowest BCUT2D eigenvalue weighted by molar-refractivity contribution is -0.151. The van der Waals surface area contributed by atoms with Gasteiger partial charge >= 0.3 is 5.97 Å². The fourth-order valence-corrected chi connectivity index (χ4v) is 6.42. The number of aliphatic hydroxyl groups excluding tert-OH is 2. The maximum atomic E-state index is 13.1. The molecule has 0 aromatic rings. The van der Waals surface area contributed by atoms with Crippen LogP contribution in [-0.2, 0) is 14.3 Å². The highest BCUT2D eigenvalue weighted by molar-refractivity contribution is 5.77. The molecule has 6 nitrogen and oxygen atoms in total. The summed E-state index contributed by atoms with van der Waals surface area (Å²) in [6.45, 7) is 6.29. The maximum Gasteiger partial charge on any atom is 0.306 e. The molecule has 0 bridgehead atoms. The van der Waals surface area contributed by atoms with Crippen molar-refractivity contribution in [3.8, 4) is 0 Å². The Kier molecular flexibility index (Phi) is 39.8. The monoisotopic (exact) mass is 756 g/mol. The van der Waals surface area contributed by atoms with Crippen LogP contribution in [0.3, 0.4) is 0 Å². The van der Waals surface area contributed by atoms with Gasteiger partial charge in [0.25, 0.3) is 0 Å². The normalized spacial score (nSPS) is 13.9. The van der Waals surface area contributed by atoms with E-state index in [-0.39, 0.29) is 24.9 Å². The molecule has 1 amide bonds. The fourth-order valence-electron chi connectivity index (χ4n) is 6.42. The molecule has 3 unspecified atom stereocenters. The Bertz CT molecular complexity index is 984. The number of rotatable bonds is 39. The number of ether oxygens (including phenoxy) is 1. The van der Waals surface area contributed by atoms with Crippen molar-refractivity contribution in [2.45, 2.75) is 225 Å². The molecular formula is C48H85NO5. The third-order valence-corrected chi connectivity index (χ3v) is 9.83. The Labute approximate surface area is 333 Å². The van der Waals surface area contributed by atoms with Gasteiger partial charge in [-0.25, -0.2) is 0 Å². The van der Waals surface area contributed by atoms with Crippen molar-refractivity contribution < 1.29 is 24.5 Å². The van der Waals surface area contributed by atoms with Gasteiger partial charge < -0.3 is 20.3 Å². The van der Waals surface area contributed by atoms with Gasteiger partial charge in [0.1, 0.15) is 6.10 Å². The van der Waals surface area contributed by atoms with Crippen LogP contribution in [0.4, 0.5) is 0 Å².